The van der Waals surface area contributed by atoms with Gasteiger partial charge < -0.3 is 14.9 Å². The molecular formula is C13H18O5. The number of carboxylic acids is 2. The minimum absolute atomic E-state index is 0.00919. The molecule has 18 heavy (non-hydrogen) atoms. The molecule has 2 bridgehead atoms. The molecule has 2 saturated carbocycles. The van der Waals surface area contributed by atoms with Gasteiger partial charge in [0.25, 0.3) is 0 Å². The maximum absolute atomic E-state index is 11.9. The summed E-state index contributed by atoms with van der Waals surface area (Å²) >= 11 is 0. The number of carbonyl (C=O) groups is 2. The summed E-state index contributed by atoms with van der Waals surface area (Å²) in [7, 11) is 0. The second kappa shape index (κ2) is 3.26. The molecule has 5 nitrogen and oxygen atoms in total. The van der Waals surface area contributed by atoms with E-state index < -0.39 is 28.7 Å². The normalized spacial score (nSPS) is 52.1. The highest BCUT2D eigenvalue weighted by molar-refractivity contribution is 5.86. The van der Waals surface area contributed by atoms with Crippen LogP contribution in [0.15, 0.2) is 0 Å². The zero-order valence-corrected chi connectivity index (χ0v) is 10.5. The quantitative estimate of drug-likeness (QED) is 0.740. The number of hydrogen-bond acceptors (Lipinski definition) is 3. The Hall–Kier alpha value is -1.10. The molecule has 100 valence electrons. The van der Waals surface area contributed by atoms with Gasteiger partial charge in [0, 0.05) is 11.3 Å². The minimum Gasteiger partial charge on any atom is -0.481 e. The van der Waals surface area contributed by atoms with Crippen molar-refractivity contribution in [3.05, 3.63) is 0 Å². The molecule has 5 heteroatoms. The Balaban J connectivity index is 2.18. The lowest BCUT2D eigenvalue weighted by molar-refractivity contribution is -0.173. The second-order valence-corrected chi connectivity index (χ2v) is 5.84. The molecule has 0 aromatic carbocycles. The van der Waals surface area contributed by atoms with Crippen molar-refractivity contribution in [3.63, 3.8) is 0 Å². The van der Waals surface area contributed by atoms with Gasteiger partial charge in [0.2, 0.25) is 0 Å². The van der Waals surface area contributed by atoms with Gasteiger partial charge in [0.05, 0.1) is 23.5 Å². The average Bonchev–Trinajstić information content (AvgIpc) is 2.99. The minimum atomic E-state index is -1.16. The van der Waals surface area contributed by atoms with E-state index in [1.54, 1.807) is 6.92 Å². The summed E-state index contributed by atoms with van der Waals surface area (Å²) in [4.78, 5) is 23.4. The van der Waals surface area contributed by atoms with Gasteiger partial charge in [0.1, 0.15) is 0 Å². The largest absolute Gasteiger partial charge is 0.481 e. The lowest BCUT2D eigenvalue weighted by atomic mass is 9.55. The van der Waals surface area contributed by atoms with Crippen LogP contribution in [0.25, 0.3) is 0 Å². The molecular weight excluding hydrogens is 236 g/mol. The van der Waals surface area contributed by atoms with Gasteiger partial charge in [-0.05, 0) is 19.3 Å². The van der Waals surface area contributed by atoms with Crippen LogP contribution >= 0.6 is 0 Å². The molecule has 0 aromatic heterocycles. The molecule has 2 N–H and O–H groups in total. The number of aliphatic carboxylic acids is 2. The highest BCUT2D eigenvalue weighted by atomic mass is 16.6. The van der Waals surface area contributed by atoms with Crippen LogP contribution in [-0.2, 0) is 14.3 Å². The van der Waals surface area contributed by atoms with Crippen LogP contribution in [0.4, 0.5) is 0 Å². The van der Waals surface area contributed by atoms with Crippen LogP contribution < -0.4 is 0 Å². The third-order valence-corrected chi connectivity index (χ3v) is 5.78. The van der Waals surface area contributed by atoms with Crippen molar-refractivity contribution < 1.29 is 24.5 Å². The Kier molecular flexibility index (Phi) is 2.17. The van der Waals surface area contributed by atoms with Gasteiger partial charge in [-0.1, -0.05) is 13.8 Å². The topological polar surface area (TPSA) is 87.1 Å². The molecule has 3 rings (SSSR count). The number of hydrogen-bond donors (Lipinski definition) is 2. The van der Waals surface area contributed by atoms with Crippen LogP contribution in [0.2, 0.25) is 0 Å². The molecule has 1 aliphatic heterocycles. The molecule has 0 spiro atoms. The van der Waals surface area contributed by atoms with Crippen molar-refractivity contribution >= 4 is 11.9 Å². The molecule has 2 aliphatic carbocycles. The van der Waals surface area contributed by atoms with Gasteiger partial charge in [-0.15, -0.1) is 0 Å². The molecule has 1 saturated heterocycles. The number of rotatable bonds is 4. The third kappa shape index (κ3) is 0.955. The van der Waals surface area contributed by atoms with Crippen LogP contribution in [0.1, 0.15) is 33.1 Å². The van der Waals surface area contributed by atoms with Crippen LogP contribution in [0.5, 0.6) is 0 Å². The SMILES string of the molecule is CCC12CC(C3OC31)C(C(=O)O)C2(CC)C(=O)O. The fourth-order valence-electron chi connectivity index (χ4n) is 5.09. The number of fused-ring (bicyclic) bond motifs is 5. The number of epoxide rings is 1. The van der Waals surface area contributed by atoms with Crippen molar-refractivity contribution in [1.29, 1.82) is 0 Å². The summed E-state index contributed by atoms with van der Waals surface area (Å²) in [5.74, 6) is -2.86. The monoisotopic (exact) mass is 254 g/mol. The van der Waals surface area contributed by atoms with Crippen molar-refractivity contribution in [2.45, 2.75) is 45.3 Å². The molecule has 3 fully saturated rings. The summed E-state index contributed by atoms with van der Waals surface area (Å²) in [5.41, 5.74) is -1.64. The summed E-state index contributed by atoms with van der Waals surface area (Å²) in [5, 5.41) is 19.2. The third-order valence-electron chi connectivity index (χ3n) is 5.78. The predicted molar refractivity (Wildman–Crippen MR) is 61.0 cm³/mol. The lowest BCUT2D eigenvalue weighted by Gasteiger charge is -2.44. The second-order valence-electron chi connectivity index (χ2n) is 5.84. The number of ether oxygens (including phenoxy) is 1. The first-order chi connectivity index (χ1) is 8.46. The first kappa shape index (κ1) is 12.0. The average molecular weight is 254 g/mol. The van der Waals surface area contributed by atoms with Crippen LogP contribution in [0, 0.1) is 22.7 Å². The van der Waals surface area contributed by atoms with Crippen molar-refractivity contribution in [1.82, 2.24) is 0 Å². The van der Waals surface area contributed by atoms with E-state index in [0.717, 1.165) is 0 Å². The van der Waals surface area contributed by atoms with Gasteiger partial charge in [0.15, 0.2) is 0 Å². The molecule has 6 atom stereocenters. The van der Waals surface area contributed by atoms with Crippen molar-refractivity contribution in [3.8, 4) is 0 Å². The Morgan fingerprint density at radius 3 is 2.39 bits per heavy atom. The molecule has 1 heterocycles. The first-order valence-electron chi connectivity index (χ1n) is 6.58. The standard InChI is InChI=1S/C13H18O5/c1-3-12-5-6(8-9(12)18-8)7(10(14)15)13(12,4-2)11(16)17/h6-9H,3-5H2,1-2H3,(H,14,15)(H,16,17). The van der Waals surface area contributed by atoms with Gasteiger partial charge in [-0.2, -0.15) is 0 Å². The Bertz CT molecular complexity index is 433. The lowest BCUT2D eigenvalue weighted by Crippen LogP contribution is -2.54. The Morgan fingerprint density at radius 2 is 1.94 bits per heavy atom. The summed E-state index contributed by atoms with van der Waals surface area (Å²) in [6.07, 6.45) is 1.69. The van der Waals surface area contributed by atoms with Gasteiger partial charge >= 0.3 is 11.9 Å². The zero-order valence-electron chi connectivity index (χ0n) is 10.5. The summed E-state index contributed by atoms with van der Waals surface area (Å²) in [6.45, 7) is 3.75. The molecule has 0 amide bonds. The van der Waals surface area contributed by atoms with Crippen molar-refractivity contribution in [2.75, 3.05) is 0 Å². The fourth-order valence-corrected chi connectivity index (χ4v) is 5.09. The van der Waals surface area contributed by atoms with E-state index in [2.05, 4.69) is 0 Å². The van der Waals surface area contributed by atoms with Gasteiger partial charge in [-0.3, -0.25) is 9.59 Å². The molecule has 0 radical (unpaired) electrons. The smallest absolute Gasteiger partial charge is 0.311 e. The zero-order chi connectivity index (χ0) is 13.3. The van der Waals surface area contributed by atoms with E-state index in [1.165, 1.54) is 0 Å². The van der Waals surface area contributed by atoms with E-state index in [0.29, 0.717) is 19.3 Å². The van der Waals surface area contributed by atoms with E-state index in [1.807, 2.05) is 6.92 Å². The highest BCUT2D eigenvalue weighted by Gasteiger charge is 2.83. The first-order valence-corrected chi connectivity index (χ1v) is 6.58. The van der Waals surface area contributed by atoms with E-state index >= 15 is 0 Å². The molecule has 6 unspecified atom stereocenters. The highest BCUT2D eigenvalue weighted by Crippen LogP contribution is 2.75. The van der Waals surface area contributed by atoms with E-state index in [4.69, 9.17) is 4.74 Å². The maximum atomic E-state index is 11.9. The summed E-state index contributed by atoms with van der Waals surface area (Å²) in [6, 6.07) is 0. The Labute approximate surface area is 105 Å². The van der Waals surface area contributed by atoms with Gasteiger partial charge in [-0.25, -0.2) is 0 Å². The Morgan fingerprint density at radius 1 is 1.28 bits per heavy atom. The maximum Gasteiger partial charge on any atom is 0.311 e. The predicted octanol–water partition coefficient (Wildman–Crippen LogP) is 1.37. The van der Waals surface area contributed by atoms with E-state index in [-0.39, 0.29) is 18.1 Å². The van der Waals surface area contributed by atoms with E-state index in [9.17, 15) is 19.8 Å². The van der Waals surface area contributed by atoms with Crippen LogP contribution in [0.3, 0.4) is 0 Å². The van der Waals surface area contributed by atoms with Crippen molar-refractivity contribution in [2.24, 2.45) is 22.7 Å². The fraction of sp³-hybridized carbons (Fsp3) is 0.846. The summed E-state index contributed by atoms with van der Waals surface area (Å²) < 4.78 is 5.60. The van der Waals surface area contributed by atoms with Crippen LogP contribution in [-0.4, -0.2) is 34.4 Å². The molecule has 0 aromatic rings. The number of carboxylic acid groups (broad SMARTS) is 2. The molecule has 3 aliphatic rings.